The maximum Gasteiger partial charge on any atom is 0.241 e. The molecule has 0 radical (unpaired) electrons. The molecule has 3 heteroatoms. The molecule has 2 fully saturated rings. The summed E-state index contributed by atoms with van der Waals surface area (Å²) >= 11 is 0. The van der Waals surface area contributed by atoms with Crippen LogP contribution in [0.3, 0.4) is 0 Å². The van der Waals surface area contributed by atoms with Crippen molar-refractivity contribution >= 4 is 5.91 Å². The minimum atomic E-state index is 0.0506. The van der Waals surface area contributed by atoms with Crippen LogP contribution in [0.2, 0.25) is 0 Å². The summed E-state index contributed by atoms with van der Waals surface area (Å²) < 4.78 is 0. The van der Waals surface area contributed by atoms with Crippen molar-refractivity contribution < 1.29 is 4.79 Å². The predicted molar refractivity (Wildman–Crippen MR) is 83.3 cm³/mol. The van der Waals surface area contributed by atoms with E-state index in [0.717, 1.165) is 25.2 Å². The fourth-order valence-electron chi connectivity index (χ4n) is 3.98. The Hall–Kier alpha value is -0.570. The van der Waals surface area contributed by atoms with Crippen LogP contribution in [0.25, 0.3) is 0 Å². The Morgan fingerprint density at radius 1 is 1.30 bits per heavy atom. The van der Waals surface area contributed by atoms with E-state index in [2.05, 4.69) is 44.8 Å². The largest absolute Gasteiger partial charge is 0.323 e. The molecule has 1 heterocycles. The summed E-state index contributed by atoms with van der Waals surface area (Å²) in [7, 11) is 0. The second kappa shape index (κ2) is 6.46. The zero-order chi connectivity index (χ0) is 14.9. The summed E-state index contributed by atoms with van der Waals surface area (Å²) in [5.74, 6) is 2.32. The first kappa shape index (κ1) is 15.8. The van der Waals surface area contributed by atoms with Gasteiger partial charge in [0.15, 0.2) is 0 Å². The Balaban J connectivity index is 2.13. The van der Waals surface area contributed by atoms with Crippen LogP contribution >= 0.6 is 0 Å². The van der Waals surface area contributed by atoms with E-state index in [9.17, 15) is 4.79 Å². The SMILES string of the molecule is CCCC1NC(CC(C)C)C(=O)N1C1CCC(C)C1C. The molecule has 0 bridgehead atoms. The molecule has 20 heavy (non-hydrogen) atoms. The molecule has 0 spiro atoms. The van der Waals surface area contributed by atoms with Crippen LogP contribution in [0, 0.1) is 17.8 Å². The van der Waals surface area contributed by atoms with E-state index in [4.69, 9.17) is 0 Å². The van der Waals surface area contributed by atoms with Crippen molar-refractivity contribution in [1.29, 1.82) is 0 Å². The number of hydrogen-bond donors (Lipinski definition) is 1. The van der Waals surface area contributed by atoms with E-state index in [1.54, 1.807) is 0 Å². The van der Waals surface area contributed by atoms with Gasteiger partial charge in [-0.25, -0.2) is 0 Å². The molecule has 5 unspecified atom stereocenters. The number of carbonyl (C=O) groups is 1. The van der Waals surface area contributed by atoms with Gasteiger partial charge in [0.05, 0.1) is 12.2 Å². The van der Waals surface area contributed by atoms with Gasteiger partial charge in [-0.05, 0) is 43.4 Å². The lowest BCUT2D eigenvalue weighted by Gasteiger charge is -2.33. The van der Waals surface area contributed by atoms with Crippen molar-refractivity contribution in [3.63, 3.8) is 0 Å². The molecule has 1 aliphatic carbocycles. The third kappa shape index (κ3) is 3.03. The molecule has 1 aliphatic heterocycles. The fourth-order valence-corrected chi connectivity index (χ4v) is 3.98. The maximum absolute atomic E-state index is 12.8. The van der Waals surface area contributed by atoms with Gasteiger partial charge in [0.2, 0.25) is 5.91 Å². The second-order valence-electron chi connectivity index (χ2n) is 7.38. The van der Waals surface area contributed by atoms with E-state index >= 15 is 0 Å². The minimum Gasteiger partial charge on any atom is -0.323 e. The van der Waals surface area contributed by atoms with Crippen LogP contribution < -0.4 is 5.32 Å². The minimum absolute atomic E-state index is 0.0506. The van der Waals surface area contributed by atoms with Gasteiger partial charge in [-0.15, -0.1) is 0 Å². The average Bonchev–Trinajstić information content (AvgIpc) is 2.83. The number of amides is 1. The first-order chi connectivity index (χ1) is 9.45. The predicted octanol–water partition coefficient (Wildman–Crippen LogP) is 3.39. The van der Waals surface area contributed by atoms with Gasteiger partial charge in [-0.3, -0.25) is 10.1 Å². The summed E-state index contributed by atoms with van der Waals surface area (Å²) in [6, 6.07) is 0.508. The molecule has 5 atom stereocenters. The normalized spacial score (nSPS) is 38.2. The van der Waals surface area contributed by atoms with Crippen LogP contribution in [0.15, 0.2) is 0 Å². The highest BCUT2D eigenvalue weighted by Crippen LogP contribution is 2.37. The van der Waals surface area contributed by atoms with Crippen LogP contribution in [0.5, 0.6) is 0 Å². The van der Waals surface area contributed by atoms with E-state index in [0.29, 0.717) is 23.8 Å². The Kier molecular flexibility index (Phi) is 5.11. The molecule has 116 valence electrons. The zero-order valence-corrected chi connectivity index (χ0v) is 13.9. The van der Waals surface area contributed by atoms with Gasteiger partial charge in [-0.2, -0.15) is 0 Å². The van der Waals surface area contributed by atoms with Gasteiger partial charge in [0.1, 0.15) is 0 Å². The van der Waals surface area contributed by atoms with Gasteiger partial charge < -0.3 is 4.90 Å². The highest BCUT2D eigenvalue weighted by atomic mass is 16.2. The van der Waals surface area contributed by atoms with Crippen molar-refractivity contribution in [1.82, 2.24) is 10.2 Å². The lowest BCUT2D eigenvalue weighted by molar-refractivity contribution is -0.133. The van der Waals surface area contributed by atoms with Gasteiger partial charge in [0, 0.05) is 6.04 Å². The Morgan fingerprint density at radius 2 is 2.00 bits per heavy atom. The first-order valence-electron chi connectivity index (χ1n) is 8.53. The summed E-state index contributed by atoms with van der Waals surface area (Å²) in [5.41, 5.74) is 0. The van der Waals surface area contributed by atoms with Crippen molar-refractivity contribution in [2.75, 3.05) is 0 Å². The zero-order valence-electron chi connectivity index (χ0n) is 13.9. The molecule has 3 nitrogen and oxygen atoms in total. The average molecular weight is 280 g/mol. The second-order valence-corrected chi connectivity index (χ2v) is 7.38. The summed E-state index contributed by atoms with van der Waals surface area (Å²) in [6.07, 6.45) is 5.90. The highest BCUT2D eigenvalue weighted by Gasteiger charge is 2.45. The summed E-state index contributed by atoms with van der Waals surface area (Å²) in [6.45, 7) is 11.3. The third-order valence-electron chi connectivity index (χ3n) is 5.33. The van der Waals surface area contributed by atoms with E-state index in [-0.39, 0.29) is 12.2 Å². The number of rotatable bonds is 5. The quantitative estimate of drug-likeness (QED) is 0.837. The van der Waals surface area contributed by atoms with Crippen LogP contribution in [-0.2, 0) is 4.79 Å². The molecule has 2 rings (SSSR count). The number of nitrogens with one attached hydrogen (secondary N) is 1. The number of nitrogens with zero attached hydrogens (tertiary/aromatic N) is 1. The monoisotopic (exact) mass is 280 g/mol. The topological polar surface area (TPSA) is 32.3 Å². The van der Waals surface area contributed by atoms with E-state index in [1.165, 1.54) is 12.8 Å². The van der Waals surface area contributed by atoms with E-state index < -0.39 is 0 Å². The van der Waals surface area contributed by atoms with Crippen LogP contribution in [0.4, 0.5) is 0 Å². The molecule has 1 N–H and O–H groups in total. The molecule has 1 saturated carbocycles. The van der Waals surface area contributed by atoms with Gasteiger partial charge >= 0.3 is 0 Å². The lowest BCUT2D eigenvalue weighted by Crippen LogP contribution is -2.46. The molecule has 0 aromatic carbocycles. The standard InChI is InChI=1S/C17H32N2O/c1-6-7-16-18-14(10-11(2)3)17(20)19(16)15-9-8-12(4)13(15)5/h11-16,18H,6-10H2,1-5H3. The van der Waals surface area contributed by atoms with Crippen molar-refractivity contribution in [3.8, 4) is 0 Å². The molecule has 1 saturated heterocycles. The van der Waals surface area contributed by atoms with Gasteiger partial charge in [-0.1, -0.05) is 41.0 Å². The van der Waals surface area contributed by atoms with Gasteiger partial charge in [0.25, 0.3) is 0 Å². The third-order valence-corrected chi connectivity index (χ3v) is 5.33. The van der Waals surface area contributed by atoms with Crippen molar-refractivity contribution in [3.05, 3.63) is 0 Å². The van der Waals surface area contributed by atoms with Crippen molar-refractivity contribution in [2.45, 2.75) is 85.0 Å². The Morgan fingerprint density at radius 3 is 2.50 bits per heavy atom. The highest BCUT2D eigenvalue weighted by molar-refractivity contribution is 5.84. The van der Waals surface area contributed by atoms with Crippen LogP contribution in [-0.4, -0.2) is 29.1 Å². The molecule has 1 amide bonds. The Bertz CT molecular complexity index is 342. The molecule has 2 aliphatic rings. The lowest BCUT2D eigenvalue weighted by atomic mass is 9.96. The molecular formula is C17H32N2O. The maximum atomic E-state index is 12.8. The smallest absolute Gasteiger partial charge is 0.241 e. The van der Waals surface area contributed by atoms with E-state index in [1.807, 2.05) is 0 Å². The number of carbonyl (C=O) groups excluding carboxylic acids is 1. The fraction of sp³-hybridized carbons (Fsp3) is 0.941. The van der Waals surface area contributed by atoms with Crippen LogP contribution in [0.1, 0.15) is 66.7 Å². The first-order valence-corrected chi connectivity index (χ1v) is 8.53. The number of hydrogen-bond acceptors (Lipinski definition) is 2. The molecular weight excluding hydrogens is 248 g/mol. The Labute approximate surface area is 124 Å². The molecule has 0 aromatic heterocycles. The van der Waals surface area contributed by atoms with Crippen molar-refractivity contribution in [2.24, 2.45) is 17.8 Å². The summed E-state index contributed by atoms with van der Waals surface area (Å²) in [4.78, 5) is 15.1. The molecule has 0 aromatic rings. The summed E-state index contributed by atoms with van der Waals surface area (Å²) in [5, 5.41) is 3.61.